The second-order valence-corrected chi connectivity index (χ2v) is 9.54. The second kappa shape index (κ2) is 9.49. The SMILES string of the molecule is Cc1ccc2c3ccccc3n(-c3cccc(C)c3C(=O)N(C=O)c3ccc(-c4ccccc4)cc3)c2c1. The lowest BCUT2D eigenvalue weighted by Gasteiger charge is -2.21. The molecule has 0 aliphatic rings. The molecule has 38 heavy (non-hydrogen) atoms. The van der Waals surface area contributed by atoms with Gasteiger partial charge in [-0.15, -0.1) is 0 Å². The summed E-state index contributed by atoms with van der Waals surface area (Å²) < 4.78 is 2.14. The minimum absolute atomic E-state index is 0.362. The van der Waals surface area contributed by atoms with Crippen molar-refractivity contribution >= 4 is 39.8 Å². The van der Waals surface area contributed by atoms with E-state index in [1.165, 1.54) is 4.90 Å². The number of benzene rings is 5. The molecule has 0 saturated carbocycles. The van der Waals surface area contributed by atoms with E-state index >= 15 is 0 Å². The van der Waals surface area contributed by atoms with Crippen molar-refractivity contribution in [2.24, 2.45) is 0 Å². The Balaban J connectivity index is 1.50. The van der Waals surface area contributed by atoms with E-state index in [1.54, 1.807) is 0 Å². The van der Waals surface area contributed by atoms with Gasteiger partial charge in [0.05, 0.1) is 28.0 Å². The fourth-order valence-electron chi connectivity index (χ4n) is 5.25. The molecule has 4 heteroatoms. The zero-order valence-corrected chi connectivity index (χ0v) is 21.3. The maximum absolute atomic E-state index is 14.1. The number of hydrogen-bond acceptors (Lipinski definition) is 2. The lowest BCUT2D eigenvalue weighted by molar-refractivity contribution is -0.106. The Morgan fingerprint density at radius 1 is 0.684 bits per heavy atom. The number of anilines is 1. The van der Waals surface area contributed by atoms with Crippen molar-refractivity contribution in [2.45, 2.75) is 13.8 Å². The standard InChI is InChI=1S/C34H26N2O2/c1-23-15-20-29-28-12-6-7-13-30(28)36(32(29)21-23)31-14-8-9-24(2)33(31)34(38)35(22-37)27-18-16-26(17-19-27)25-10-4-3-5-11-25/h3-22H,1-2H3. The predicted molar refractivity (Wildman–Crippen MR) is 155 cm³/mol. The Kier molecular flexibility index (Phi) is 5.85. The summed E-state index contributed by atoms with van der Waals surface area (Å²) >= 11 is 0. The van der Waals surface area contributed by atoms with Gasteiger partial charge in [-0.25, -0.2) is 4.90 Å². The molecule has 0 saturated heterocycles. The Morgan fingerprint density at radius 3 is 2.13 bits per heavy atom. The Morgan fingerprint density at radius 2 is 1.37 bits per heavy atom. The summed E-state index contributed by atoms with van der Waals surface area (Å²) in [5, 5.41) is 2.24. The molecule has 1 heterocycles. The molecule has 0 radical (unpaired) electrons. The fourth-order valence-corrected chi connectivity index (χ4v) is 5.25. The van der Waals surface area contributed by atoms with Crippen LogP contribution in [0.25, 0.3) is 38.6 Å². The van der Waals surface area contributed by atoms with E-state index in [9.17, 15) is 9.59 Å². The molecule has 0 atom stereocenters. The van der Waals surface area contributed by atoms with Crippen LogP contribution in [0.15, 0.2) is 115 Å². The highest BCUT2D eigenvalue weighted by Crippen LogP contribution is 2.35. The summed E-state index contributed by atoms with van der Waals surface area (Å²) in [4.78, 5) is 27.6. The molecule has 6 rings (SSSR count). The van der Waals surface area contributed by atoms with Crippen LogP contribution in [-0.4, -0.2) is 16.9 Å². The molecular weight excluding hydrogens is 468 g/mol. The minimum atomic E-state index is -0.362. The molecule has 1 aromatic heterocycles. The first-order valence-electron chi connectivity index (χ1n) is 12.6. The van der Waals surface area contributed by atoms with Gasteiger partial charge in [0.1, 0.15) is 0 Å². The third-order valence-electron chi connectivity index (χ3n) is 7.11. The normalized spacial score (nSPS) is 11.1. The summed E-state index contributed by atoms with van der Waals surface area (Å²) in [6, 6.07) is 37.9. The van der Waals surface area contributed by atoms with E-state index in [1.807, 2.05) is 91.9 Å². The van der Waals surface area contributed by atoms with Gasteiger partial charge in [-0.05, 0) is 66.4 Å². The Hall–Kier alpha value is -4.96. The van der Waals surface area contributed by atoms with Gasteiger partial charge in [-0.3, -0.25) is 9.59 Å². The number of aryl methyl sites for hydroxylation is 2. The number of aromatic nitrogens is 1. The van der Waals surface area contributed by atoms with E-state index in [0.717, 1.165) is 49.7 Å². The van der Waals surface area contributed by atoms with Crippen LogP contribution in [0.3, 0.4) is 0 Å². The lowest BCUT2D eigenvalue weighted by Crippen LogP contribution is -2.31. The third kappa shape index (κ3) is 3.87. The van der Waals surface area contributed by atoms with Crippen molar-refractivity contribution in [3.05, 3.63) is 132 Å². The van der Waals surface area contributed by atoms with Gasteiger partial charge < -0.3 is 4.57 Å². The molecule has 0 N–H and O–H groups in total. The quantitative estimate of drug-likeness (QED) is 0.229. The zero-order chi connectivity index (χ0) is 26.2. The number of rotatable bonds is 5. The average Bonchev–Trinajstić information content (AvgIpc) is 3.27. The van der Waals surface area contributed by atoms with Crippen LogP contribution >= 0.6 is 0 Å². The smallest absolute Gasteiger partial charge is 0.267 e. The highest BCUT2D eigenvalue weighted by atomic mass is 16.2. The van der Waals surface area contributed by atoms with Gasteiger partial charge in [0.2, 0.25) is 6.41 Å². The monoisotopic (exact) mass is 494 g/mol. The average molecular weight is 495 g/mol. The topological polar surface area (TPSA) is 42.3 Å². The summed E-state index contributed by atoms with van der Waals surface area (Å²) in [6.45, 7) is 3.98. The predicted octanol–water partition coefficient (Wildman–Crippen LogP) is 7.87. The van der Waals surface area contributed by atoms with Crippen LogP contribution in [0.2, 0.25) is 0 Å². The molecule has 2 amide bonds. The molecule has 4 nitrogen and oxygen atoms in total. The van der Waals surface area contributed by atoms with E-state index in [2.05, 4.69) is 41.8 Å². The molecule has 6 aromatic rings. The van der Waals surface area contributed by atoms with Crippen LogP contribution in [0.1, 0.15) is 21.5 Å². The van der Waals surface area contributed by atoms with Gasteiger partial charge in [0.15, 0.2) is 0 Å². The highest BCUT2D eigenvalue weighted by molar-refractivity contribution is 6.19. The molecule has 0 aliphatic heterocycles. The first kappa shape index (κ1) is 23.4. The number of carbonyl (C=O) groups excluding carboxylic acids is 2. The number of nitrogens with zero attached hydrogens (tertiary/aromatic N) is 2. The summed E-state index contributed by atoms with van der Waals surface area (Å²) in [5.74, 6) is -0.362. The Bertz CT molecular complexity index is 1820. The van der Waals surface area contributed by atoms with Crippen LogP contribution in [0, 0.1) is 13.8 Å². The van der Waals surface area contributed by atoms with Gasteiger partial charge in [-0.2, -0.15) is 0 Å². The van der Waals surface area contributed by atoms with E-state index < -0.39 is 0 Å². The highest BCUT2D eigenvalue weighted by Gasteiger charge is 2.25. The van der Waals surface area contributed by atoms with Gasteiger partial charge >= 0.3 is 0 Å². The fraction of sp³-hybridized carbons (Fsp3) is 0.0588. The minimum Gasteiger partial charge on any atom is -0.308 e. The number of hydrogen-bond donors (Lipinski definition) is 0. The lowest BCUT2D eigenvalue weighted by atomic mass is 10.0. The van der Waals surface area contributed by atoms with Crippen molar-refractivity contribution in [1.82, 2.24) is 4.57 Å². The van der Waals surface area contributed by atoms with E-state index in [0.29, 0.717) is 17.7 Å². The number of fused-ring (bicyclic) bond motifs is 3. The van der Waals surface area contributed by atoms with Crippen LogP contribution < -0.4 is 4.90 Å². The summed E-state index contributed by atoms with van der Waals surface area (Å²) in [7, 11) is 0. The van der Waals surface area contributed by atoms with Crippen molar-refractivity contribution in [3.8, 4) is 16.8 Å². The van der Waals surface area contributed by atoms with Crippen LogP contribution in [0.5, 0.6) is 0 Å². The molecule has 5 aromatic carbocycles. The number of imide groups is 1. The molecule has 0 fully saturated rings. The first-order valence-corrected chi connectivity index (χ1v) is 12.6. The molecule has 0 aliphatic carbocycles. The molecule has 0 bridgehead atoms. The van der Waals surface area contributed by atoms with Crippen molar-refractivity contribution in [1.29, 1.82) is 0 Å². The van der Waals surface area contributed by atoms with Crippen LogP contribution in [0.4, 0.5) is 5.69 Å². The molecule has 0 unspecified atom stereocenters. The summed E-state index contributed by atoms with van der Waals surface area (Å²) in [5.41, 5.74) is 7.84. The molecular formula is C34H26N2O2. The molecule has 0 spiro atoms. The van der Waals surface area contributed by atoms with Gasteiger partial charge in [-0.1, -0.05) is 84.9 Å². The first-order chi connectivity index (χ1) is 18.6. The van der Waals surface area contributed by atoms with E-state index in [4.69, 9.17) is 0 Å². The van der Waals surface area contributed by atoms with Gasteiger partial charge in [0.25, 0.3) is 5.91 Å². The number of amides is 2. The third-order valence-corrected chi connectivity index (χ3v) is 7.11. The van der Waals surface area contributed by atoms with Crippen LogP contribution in [-0.2, 0) is 4.79 Å². The van der Waals surface area contributed by atoms with Gasteiger partial charge in [0, 0.05) is 10.8 Å². The van der Waals surface area contributed by atoms with Crippen molar-refractivity contribution < 1.29 is 9.59 Å². The zero-order valence-electron chi connectivity index (χ0n) is 21.3. The largest absolute Gasteiger partial charge is 0.308 e. The summed E-state index contributed by atoms with van der Waals surface area (Å²) in [6.07, 6.45) is 0.603. The Labute approximate surface area is 221 Å². The second-order valence-electron chi connectivity index (χ2n) is 9.54. The maximum atomic E-state index is 14.1. The number of para-hydroxylation sites is 1. The van der Waals surface area contributed by atoms with Crippen molar-refractivity contribution in [3.63, 3.8) is 0 Å². The maximum Gasteiger partial charge on any atom is 0.267 e. The molecule has 184 valence electrons. The van der Waals surface area contributed by atoms with Crippen molar-refractivity contribution in [2.75, 3.05) is 4.90 Å². The number of carbonyl (C=O) groups is 2. The van der Waals surface area contributed by atoms with E-state index in [-0.39, 0.29) is 5.91 Å².